The van der Waals surface area contributed by atoms with Gasteiger partial charge in [-0.2, -0.15) is 13.2 Å². The van der Waals surface area contributed by atoms with Gasteiger partial charge in [-0.05, 0) is 36.8 Å². The molecule has 1 amide bonds. The summed E-state index contributed by atoms with van der Waals surface area (Å²) in [6.45, 7) is 2.59. The lowest BCUT2D eigenvalue weighted by atomic mass is 10.2. The fourth-order valence-corrected chi connectivity index (χ4v) is 2.28. The van der Waals surface area contributed by atoms with Crippen LogP contribution in [0.15, 0.2) is 36.5 Å². The Morgan fingerprint density at radius 2 is 1.92 bits per heavy atom. The first kappa shape index (κ1) is 19.1. The number of aromatic nitrogens is 1. The number of unbranched alkanes of at least 4 members (excludes halogenated alkanes) is 1. The zero-order chi connectivity index (χ0) is 18.4. The van der Waals surface area contributed by atoms with Gasteiger partial charge in [0.1, 0.15) is 5.69 Å². The highest BCUT2D eigenvalue weighted by molar-refractivity contribution is 6.31. The number of nitrogens with one attached hydrogen (secondary N) is 2. The quantitative estimate of drug-likeness (QED) is 0.700. The number of nitrogens with zero attached hydrogens (tertiary/aromatic N) is 1. The minimum Gasteiger partial charge on any atom is -0.354 e. The summed E-state index contributed by atoms with van der Waals surface area (Å²) in [4.78, 5) is 15.9. The van der Waals surface area contributed by atoms with Crippen LogP contribution >= 0.6 is 11.6 Å². The number of carbonyl (C=O) groups is 1. The molecule has 2 N–H and O–H groups in total. The van der Waals surface area contributed by atoms with E-state index in [1.807, 2.05) is 6.92 Å². The molecule has 0 aliphatic carbocycles. The zero-order valence-electron chi connectivity index (χ0n) is 13.5. The average molecular weight is 372 g/mol. The zero-order valence-corrected chi connectivity index (χ0v) is 14.2. The molecule has 0 atom stereocenters. The summed E-state index contributed by atoms with van der Waals surface area (Å²) in [6.07, 6.45) is -1.30. The van der Waals surface area contributed by atoms with Crippen LogP contribution in [0.1, 0.15) is 35.8 Å². The van der Waals surface area contributed by atoms with E-state index in [1.54, 1.807) is 6.07 Å². The first-order chi connectivity index (χ1) is 11.8. The van der Waals surface area contributed by atoms with E-state index in [0.29, 0.717) is 12.2 Å². The standard InChI is InChI=1S/C17H17ClF3N3O/c1-2-3-8-22-16(25)15-7-5-12(10-23-15)24-11-4-6-14(18)13(9-11)17(19,20)21/h4-7,9-10,24H,2-3,8H2,1H3,(H,22,25). The number of hydrogen-bond donors (Lipinski definition) is 2. The van der Waals surface area contributed by atoms with Crippen molar-refractivity contribution in [2.24, 2.45) is 0 Å². The Balaban J connectivity index is 2.08. The number of hydrogen-bond acceptors (Lipinski definition) is 3. The summed E-state index contributed by atoms with van der Waals surface area (Å²) >= 11 is 5.59. The summed E-state index contributed by atoms with van der Waals surface area (Å²) < 4.78 is 38.6. The predicted octanol–water partition coefficient (Wildman–Crippen LogP) is 5.03. The molecule has 0 radical (unpaired) electrons. The smallest absolute Gasteiger partial charge is 0.354 e. The number of alkyl halides is 3. The van der Waals surface area contributed by atoms with Gasteiger partial charge in [0, 0.05) is 12.2 Å². The van der Waals surface area contributed by atoms with Crippen molar-refractivity contribution in [2.75, 3.05) is 11.9 Å². The normalized spacial score (nSPS) is 11.2. The van der Waals surface area contributed by atoms with Crippen molar-refractivity contribution < 1.29 is 18.0 Å². The van der Waals surface area contributed by atoms with E-state index in [4.69, 9.17) is 11.6 Å². The topological polar surface area (TPSA) is 54.0 Å². The minimum absolute atomic E-state index is 0.221. The molecule has 0 saturated carbocycles. The Labute approximate surface area is 148 Å². The van der Waals surface area contributed by atoms with Crippen LogP contribution in [0, 0.1) is 0 Å². The summed E-state index contributed by atoms with van der Waals surface area (Å²) in [6, 6.07) is 6.61. The fourth-order valence-electron chi connectivity index (χ4n) is 2.06. The van der Waals surface area contributed by atoms with Crippen molar-refractivity contribution in [3.8, 4) is 0 Å². The molecule has 1 aromatic heterocycles. The molecule has 0 bridgehead atoms. The Hall–Kier alpha value is -2.28. The largest absolute Gasteiger partial charge is 0.417 e. The van der Waals surface area contributed by atoms with Crippen LogP contribution in [0.2, 0.25) is 5.02 Å². The van der Waals surface area contributed by atoms with E-state index < -0.39 is 11.7 Å². The van der Waals surface area contributed by atoms with Gasteiger partial charge in [0.2, 0.25) is 0 Å². The number of amides is 1. The third-order valence-electron chi connectivity index (χ3n) is 3.37. The van der Waals surface area contributed by atoms with Gasteiger partial charge in [0.15, 0.2) is 0 Å². The summed E-state index contributed by atoms with van der Waals surface area (Å²) in [5.41, 5.74) is 0.00650. The van der Waals surface area contributed by atoms with E-state index in [1.165, 1.54) is 24.4 Å². The number of benzene rings is 1. The van der Waals surface area contributed by atoms with E-state index in [2.05, 4.69) is 15.6 Å². The van der Waals surface area contributed by atoms with Gasteiger partial charge >= 0.3 is 6.18 Å². The molecular weight excluding hydrogens is 355 g/mol. The van der Waals surface area contributed by atoms with Gasteiger partial charge in [-0.15, -0.1) is 0 Å². The molecule has 1 aromatic carbocycles. The average Bonchev–Trinajstić information content (AvgIpc) is 2.56. The fraction of sp³-hybridized carbons (Fsp3) is 0.294. The maximum atomic E-state index is 12.9. The van der Waals surface area contributed by atoms with Crippen molar-refractivity contribution in [1.82, 2.24) is 10.3 Å². The molecule has 1 heterocycles. The molecule has 0 saturated heterocycles. The lowest BCUT2D eigenvalue weighted by Gasteiger charge is -2.12. The van der Waals surface area contributed by atoms with Crippen molar-refractivity contribution >= 4 is 28.9 Å². The molecule has 0 unspecified atom stereocenters. The van der Waals surface area contributed by atoms with Crippen LogP contribution in [0.4, 0.5) is 24.5 Å². The minimum atomic E-state index is -4.53. The van der Waals surface area contributed by atoms with E-state index in [0.717, 1.165) is 18.9 Å². The summed E-state index contributed by atoms with van der Waals surface area (Å²) in [5, 5.41) is 5.18. The highest BCUT2D eigenvalue weighted by atomic mass is 35.5. The van der Waals surface area contributed by atoms with Gasteiger partial charge in [0.25, 0.3) is 5.91 Å². The molecule has 2 aromatic rings. The number of pyridine rings is 1. The summed E-state index contributed by atoms with van der Waals surface area (Å²) in [7, 11) is 0. The second-order valence-corrected chi connectivity index (χ2v) is 5.77. The third kappa shape index (κ3) is 5.35. The molecule has 2 rings (SSSR count). The second-order valence-electron chi connectivity index (χ2n) is 5.36. The van der Waals surface area contributed by atoms with Crippen molar-refractivity contribution in [1.29, 1.82) is 0 Å². The lowest BCUT2D eigenvalue weighted by molar-refractivity contribution is -0.137. The van der Waals surface area contributed by atoms with Crippen molar-refractivity contribution in [3.63, 3.8) is 0 Å². The van der Waals surface area contributed by atoms with Crippen molar-refractivity contribution in [3.05, 3.63) is 52.8 Å². The molecule has 0 fully saturated rings. The van der Waals surface area contributed by atoms with Crippen LogP contribution in [-0.2, 0) is 6.18 Å². The van der Waals surface area contributed by atoms with Gasteiger partial charge < -0.3 is 10.6 Å². The molecule has 0 aliphatic heterocycles. The molecule has 0 aliphatic rings. The maximum Gasteiger partial charge on any atom is 0.417 e. The Kier molecular flexibility index (Phi) is 6.25. The first-order valence-electron chi connectivity index (χ1n) is 7.69. The van der Waals surface area contributed by atoms with Crippen LogP contribution < -0.4 is 10.6 Å². The Morgan fingerprint density at radius 3 is 2.52 bits per heavy atom. The first-order valence-corrected chi connectivity index (χ1v) is 8.07. The number of anilines is 2. The molecule has 4 nitrogen and oxygen atoms in total. The molecule has 25 heavy (non-hydrogen) atoms. The van der Waals surface area contributed by atoms with Crippen LogP contribution in [0.5, 0.6) is 0 Å². The van der Waals surface area contributed by atoms with Crippen LogP contribution in [0.25, 0.3) is 0 Å². The second kappa shape index (κ2) is 8.20. The van der Waals surface area contributed by atoms with E-state index in [-0.39, 0.29) is 22.3 Å². The molecular formula is C17H17ClF3N3O. The van der Waals surface area contributed by atoms with Gasteiger partial charge in [0.05, 0.1) is 22.5 Å². The monoisotopic (exact) mass is 371 g/mol. The third-order valence-corrected chi connectivity index (χ3v) is 3.70. The Bertz CT molecular complexity index is 733. The van der Waals surface area contributed by atoms with Gasteiger partial charge in [-0.1, -0.05) is 24.9 Å². The van der Waals surface area contributed by atoms with Gasteiger partial charge in [-0.25, -0.2) is 4.98 Å². The number of rotatable bonds is 6. The van der Waals surface area contributed by atoms with E-state index in [9.17, 15) is 18.0 Å². The van der Waals surface area contributed by atoms with Crippen molar-refractivity contribution in [2.45, 2.75) is 25.9 Å². The Morgan fingerprint density at radius 1 is 1.20 bits per heavy atom. The SMILES string of the molecule is CCCCNC(=O)c1ccc(Nc2ccc(Cl)c(C(F)(F)F)c2)cn1. The van der Waals surface area contributed by atoms with Crippen LogP contribution in [-0.4, -0.2) is 17.4 Å². The lowest BCUT2D eigenvalue weighted by Crippen LogP contribution is -2.25. The van der Waals surface area contributed by atoms with Gasteiger partial charge in [-0.3, -0.25) is 4.79 Å². The molecule has 8 heteroatoms. The van der Waals surface area contributed by atoms with Crippen LogP contribution in [0.3, 0.4) is 0 Å². The number of halogens is 4. The number of carbonyl (C=O) groups excluding carboxylic acids is 1. The molecule has 134 valence electrons. The van der Waals surface area contributed by atoms with E-state index >= 15 is 0 Å². The maximum absolute atomic E-state index is 12.9. The summed E-state index contributed by atoms with van der Waals surface area (Å²) in [5.74, 6) is -0.286. The molecule has 0 spiro atoms. The highest BCUT2D eigenvalue weighted by Crippen LogP contribution is 2.36. The predicted molar refractivity (Wildman–Crippen MR) is 91.2 cm³/mol. The highest BCUT2D eigenvalue weighted by Gasteiger charge is 2.33.